The summed E-state index contributed by atoms with van der Waals surface area (Å²) in [7, 11) is 1.98. The number of benzene rings is 1. The van der Waals surface area contributed by atoms with E-state index in [0.717, 1.165) is 12.2 Å². The first-order valence-electron chi connectivity index (χ1n) is 6.12. The van der Waals surface area contributed by atoms with E-state index in [2.05, 4.69) is 42.5 Å². The molecule has 0 bridgehead atoms. The molecule has 0 saturated heterocycles. The number of hydrogen-bond donors (Lipinski definition) is 2. The molecule has 0 spiro atoms. The van der Waals surface area contributed by atoms with Crippen LogP contribution in [-0.2, 0) is 13.5 Å². The Morgan fingerprint density at radius 3 is 2.50 bits per heavy atom. The second-order valence-corrected chi connectivity index (χ2v) is 4.69. The Labute approximate surface area is 108 Å². The molecule has 18 heavy (non-hydrogen) atoms. The van der Waals surface area contributed by atoms with Gasteiger partial charge < -0.3 is 4.57 Å². The lowest BCUT2D eigenvalue weighted by atomic mass is 9.96. The molecule has 1 aromatic carbocycles. The molecular weight excluding hydrogens is 224 g/mol. The number of nitrogens with one attached hydrogen (secondary N) is 1. The summed E-state index contributed by atoms with van der Waals surface area (Å²) in [5, 5.41) is 0. The van der Waals surface area contributed by atoms with E-state index in [9.17, 15) is 0 Å². The first kappa shape index (κ1) is 12.8. The second kappa shape index (κ2) is 5.33. The first-order chi connectivity index (χ1) is 8.63. The maximum absolute atomic E-state index is 5.68. The van der Waals surface area contributed by atoms with Crippen LogP contribution in [0.25, 0.3) is 0 Å². The second-order valence-electron chi connectivity index (χ2n) is 4.69. The van der Waals surface area contributed by atoms with Crippen molar-refractivity contribution in [1.29, 1.82) is 0 Å². The lowest BCUT2D eigenvalue weighted by Crippen LogP contribution is -2.31. The summed E-state index contributed by atoms with van der Waals surface area (Å²) < 4.78 is 2.00. The lowest BCUT2D eigenvalue weighted by molar-refractivity contribution is 0.505. The third-order valence-electron chi connectivity index (χ3n) is 3.42. The topological polar surface area (TPSA) is 55.9 Å². The number of rotatable bonds is 4. The van der Waals surface area contributed by atoms with Gasteiger partial charge in [-0.05, 0) is 37.0 Å². The minimum Gasteiger partial charge on any atom is -0.337 e. The zero-order valence-corrected chi connectivity index (χ0v) is 11.1. The number of hydrogen-bond acceptors (Lipinski definition) is 3. The van der Waals surface area contributed by atoms with Gasteiger partial charge in [-0.2, -0.15) is 0 Å². The summed E-state index contributed by atoms with van der Waals surface area (Å²) >= 11 is 0. The van der Waals surface area contributed by atoms with Crippen LogP contribution in [0.2, 0.25) is 0 Å². The van der Waals surface area contributed by atoms with Crippen LogP contribution in [0.4, 0.5) is 0 Å². The van der Waals surface area contributed by atoms with Crippen molar-refractivity contribution in [3.63, 3.8) is 0 Å². The average molecular weight is 244 g/mol. The predicted molar refractivity (Wildman–Crippen MR) is 72.9 cm³/mol. The Balaban J connectivity index is 2.29. The van der Waals surface area contributed by atoms with Crippen molar-refractivity contribution in [1.82, 2.24) is 15.0 Å². The van der Waals surface area contributed by atoms with Crippen LogP contribution in [0, 0.1) is 13.8 Å². The molecule has 1 heterocycles. The fourth-order valence-electron chi connectivity index (χ4n) is 2.31. The van der Waals surface area contributed by atoms with Crippen molar-refractivity contribution in [2.75, 3.05) is 0 Å². The van der Waals surface area contributed by atoms with Crippen LogP contribution >= 0.6 is 0 Å². The Kier molecular flexibility index (Phi) is 3.79. The van der Waals surface area contributed by atoms with Crippen LogP contribution < -0.4 is 11.3 Å². The van der Waals surface area contributed by atoms with E-state index in [1.807, 2.05) is 17.8 Å². The van der Waals surface area contributed by atoms with E-state index in [0.29, 0.717) is 0 Å². The van der Waals surface area contributed by atoms with E-state index in [1.165, 1.54) is 16.7 Å². The van der Waals surface area contributed by atoms with E-state index in [1.54, 1.807) is 6.20 Å². The molecule has 1 atom stereocenters. The molecule has 0 saturated carbocycles. The molecule has 0 aliphatic rings. The van der Waals surface area contributed by atoms with Gasteiger partial charge in [0.1, 0.15) is 5.82 Å². The van der Waals surface area contributed by atoms with Gasteiger partial charge in [-0.3, -0.25) is 5.84 Å². The number of aromatic nitrogens is 2. The Morgan fingerprint density at radius 1 is 1.33 bits per heavy atom. The van der Waals surface area contributed by atoms with Gasteiger partial charge >= 0.3 is 0 Å². The molecular formula is C14H20N4. The number of imidazole rings is 1. The predicted octanol–water partition coefficient (Wildman–Crippen LogP) is 1.78. The van der Waals surface area contributed by atoms with Crippen LogP contribution in [0.15, 0.2) is 30.6 Å². The fourth-order valence-corrected chi connectivity index (χ4v) is 2.31. The molecule has 0 aliphatic carbocycles. The molecule has 0 radical (unpaired) electrons. The molecule has 3 N–H and O–H groups in total. The summed E-state index contributed by atoms with van der Waals surface area (Å²) in [4.78, 5) is 4.36. The largest absolute Gasteiger partial charge is 0.337 e. The summed E-state index contributed by atoms with van der Waals surface area (Å²) in [5.74, 6) is 6.64. The third kappa shape index (κ3) is 2.44. The molecule has 1 aromatic heterocycles. The summed E-state index contributed by atoms with van der Waals surface area (Å²) in [6.45, 7) is 4.27. The summed E-state index contributed by atoms with van der Waals surface area (Å²) in [6, 6.07) is 6.38. The van der Waals surface area contributed by atoms with Gasteiger partial charge in [-0.15, -0.1) is 0 Å². The normalized spacial score (nSPS) is 12.7. The highest BCUT2D eigenvalue weighted by molar-refractivity contribution is 5.34. The zero-order chi connectivity index (χ0) is 13.1. The van der Waals surface area contributed by atoms with Gasteiger partial charge in [0, 0.05) is 19.4 Å². The minimum atomic E-state index is 0.0322. The Bertz CT molecular complexity index is 510. The minimum absolute atomic E-state index is 0.0322. The number of aryl methyl sites for hydroxylation is 3. The molecule has 2 rings (SSSR count). The molecule has 4 heteroatoms. The van der Waals surface area contributed by atoms with Crippen LogP contribution in [0.5, 0.6) is 0 Å². The SMILES string of the molecule is Cc1cccc(C)c1CC(NN)c1nccn1C. The monoisotopic (exact) mass is 244 g/mol. The molecule has 2 aromatic rings. The van der Waals surface area contributed by atoms with Gasteiger partial charge in [0.15, 0.2) is 0 Å². The number of nitrogens with two attached hydrogens (primary N) is 1. The van der Waals surface area contributed by atoms with E-state index in [-0.39, 0.29) is 6.04 Å². The third-order valence-corrected chi connectivity index (χ3v) is 3.42. The van der Waals surface area contributed by atoms with Crippen LogP contribution in [-0.4, -0.2) is 9.55 Å². The molecule has 4 nitrogen and oxygen atoms in total. The smallest absolute Gasteiger partial charge is 0.127 e. The molecule has 0 fully saturated rings. The zero-order valence-electron chi connectivity index (χ0n) is 11.1. The molecule has 0 aliphatic heterocycles. The van der Waals surface area contributed by atoms with Gasteiger partial charge in [-0.1, -0.05) is 18.2 Å². The average Bonchev–Trinajstić information content (AvgIpc) is 2.76. The number of nitrogens with zero attached hydrogens (tertiary/aromatic N) is 2. The maximum atomic E-state index is 5.68. The summed E-state index contributed by atoms with van der Waals surface area (Å²) in [5.41, 5.74) is 6.79. The van der Waals surface area contributed by atoms with Gasteiger partial charge in [0.2, 0.25) is 0 Å². The lowest BCUT2D eigenvalue weighted by Gasteiger charge is -2.18. The van der Waals surface area contributed by atoms with E-state index in [4.69, 9.17) is 5.84 Å². The van der Waals surface area contributed by atoms with E-state index < -0.39 is 0 Å². The van der Waals surface area contributed by atoms with Crippen molar-refractivity contribution in [3.05, 3.63) is 53.1 Å². The first-order valence-corrected chi connectivity index (χ1v) is 6.12. The van der Waals surface area contributed by atoms with Crippen LogP contribution in [0.3, 0.4) is 0 Å². The molecule has 96 valence electrons. The summed E-state index contributed by atoms with van der Waals surface area (Å²) in [6.07, 6.45) is 4.58. The quantitative estimate of drug-likeness (QED) is 0.637. The van der Waals surface area contributed by atoms with Crippen molar-refractivity contribution >= 4 is 0 Å². The van der Waals surface area contributed by atoms with Crippen molar-refractivity contribution < 1.29 is 0 Å². The Hall–Kier alpha value is -1.65. The molecule has 0 amide bonds. The highest BCUT2D eigenvalue weighted by Gasteiger charge is 2.16. The molecule has 1 unspecified atom stereocenters. The number of hydrazine groups is 1. The van der Waals surface area contributed by atoms with Gasteiger partial charge in [0.25, 0.3) is 0 Å². The highest BCUT2D eigenvalue weighted by Crippen LogP contribution is 2.21. The standard InChI is InChI=1S/C14H20N4/c1-10-5-4-6-11(2)12(10)9-13(17-15)14-16-7-8-18(14)3/h4-8,13,17H,9,15H2,1-3H3. The van der Waals surface area contributed by atoms with Crippen LogP contribution in [0.1, 0.15) is 28.6 Å². The van der Waals surface area contributed by atoms with Crippen molar-refractivity contribution in [2.24, 2.45) is 12.9 Å². The van der Waals surface area contributed by atoms with Crippen molar-refractivity contribution in [3.8, 4) is 0 Å². The maximum Gasteiger partial charge on any atom is 0.127 e. The Morgan fingerprint density at radius 2 is 2.00 bits per heavy atom. The fraction of sp³-hybridized carbons (Fsp3) is 0.357. The van der Waals surface area contributed by atoms with Gasteiger partial charge in [-0.25, -0.2) is 10.4 Å². The highest BCUT2D eigenvalue weighted by atomic mass is 15.3. The van der Waals surface area contributed by atoms with Crippen molar-refractivity contribution in [2.45, 2.75) is 26.3 Å². The van der Waals surface area contributed by atoms with Gasteiger partial charge in [0.05, 0.1) is 6.04 Å². The van der Waals surface area contributed by atoms with E-state index >= 15 is 0 Å².